The van der Waals surface area contributed by atoms with Gasteiger partial charge in [0.15, 0.2) is 0 Å². The zero-order valence-electron chi connectivity index (χ0n) is 19.7. The van der Waals surface area contributed by atoms with Gasteiger partial charge in [0.25, 0.3) is 0 Å². The molecule has 0 radical (unpaired) electrons. The number of nitrogens with zero attached hydrogens (tertiary/aromatic N) is 4. The number of carbonyl (C=O) groups excluding carboxylic acids is 2. The summed E-state index contributed by atoms with van der Waals surface area (Å²) in [6, 6.07) is 4.56. The average molecular weight is 489 g/mol. The Morgan fingerprint density at radius 2 is 1.97 bits per heavy atom. The van der Waals surface area contributed by atoms with E-state index in [-0.39, 0.29) is 18.5 Å². The highest BCUT2D eigenvalue weighted by Crippen LogP contribution is 2.32. The van der Waals surface area contributed by atoms with E-state index in [4.69, 9.17) is 21.1 Å². The van der Waals surface area contributed by atoms with Crippen LogP contribution >= 0.6 is 11.6 Å². The van der Waals surface area contributed by atoms with E-state index < -0.39 is 5.97 Å². The highest BCUT2D eigenvalue weighted by Gasteiger charge is 2.20. The van der Waals surface area contributed by atoms with Gasteiger partial charge in [-0.15, -0.1) is 0 Å². The number of likely N-dealkylation sites (N-methyl/N-ethyl adjacent to an activating group) is 1. The second-order valence-corrected chi connectivity index (χ2v) is 7.81. The molecule has 0 bridgehead atoms. The number of ether oxygens (including phenoxy) is 2. The van der Waals surface area contributed by atoms with Crippen molar-refractivity contribution in [3.05, 3.63) is 46.9 Å². The Morgan fingerprint density at radius 1 is 1.21 bits per heavy atom. The quantitative estimate of drug-likeness (QED) is 0.413. The van der Waals surface area contributed by atoms with Crippen molar-refractivity contribution >= 4 is 34.8 Å². The molecule has 1 aromatic carbocycles. The van der Waals surface area contributed by atoms with Crippen LogP contribution < -0.4 is 15.4 Å². The fourth-order valence-electron chi connectivity index (χ4n) is 3.42. The lowest BCUT2D eigenvalue weighted by molar-refractivity contribution is 0.0525. The molecule has 34 heavy (non-hydrogen) atoms. The van der Waals surface area contributed by atoms with Crippen molar-refractivity contribution < 1.29 is 19.1 Å². The number of carbonyl (C=O) groups is 2. The minimum atomic E-state index is -0.440. The summed E-state index contributed by atoms with van der Waals surface area (Å²) in [5.41, 5.74) is 2.01. The Labute approximate surface area is 203 Å². The van der Waals surface area contributed by atoms with E-state index in [0.29, 0.717) is 39.6 Å². The molecule has 2 aromatic heterocycles. The molecular weight excluding hydrogens is 460 g/mol. The van der Waals surface area contributed by atoms with Gasteiger partial charge in [0.2, 0.25) is 5.88 Å². The summed E-state index contributed by atoms with van der Waals surface area (Å²) >= 11 is 6.37. The van der Waals surface area contributed by atoms with E-state index in [9.17, 15) is 9.59 Å². The minimum Gasteiger partial charge on any atom is -0.462 e. The molecule has 2 N–H and O–H groups in total. The number of rotatable bonds is 10. The zero-order valence-corrected chi connectivity index (χ0v) is 20.5. The number of amides is 2. The van der Waals surface area contributed by atoms with E-state index in [1.807, 2.05) is 0 Å². The van der Waals surface area contributed by atoms with E-state index in [1.165, 1.54) is 10.8 Å². The molecule has 0 spiro atoms. The van der Waals surface area contributed by atoms with Gasteiger partial charge in [-0.05, 0) is 44.6 Å². The lowest BCUT2D eigenvalue weighted by Gasteiger charge is -2.18. The molecule has 0 atom stereocenters. The van der Waals surface area contributed by atoms with Crippen LogP contribution in [-0.2, 0) is 4.74 Å². The number of halogens is 1. The number of fused-ring (bicyclic) bond motifs is 1. The number of urea groups is 1. The van der Waals surface area contributed by atoms with Crippen molar-refractivity contribution in [2.24, 2.45) is 0 Å². The van der Waals surface area contributed by atoms with Gasteiger partial charge in [-0.3, -0.25) is 0 Å². The van der Waals surface area contributed by atoms with Crippen molar-refractivity contribution in [2.75, 3.05) is 38.1 Å². The van der Waals surface area contributed by atoms with Gasteiger partial charge in [-0.1, -0.05) is 25.4 Å². The highest BCUT2D eigenvalue weighted by atomic mass is 35.5. The molecule has 0 saturated carbocycles. The summed E-state index contributed by atoms with van der Waals surface area (Å²) in [5.74, 6) is 0.232. The molecule has 2 amide bonds. The highest BCUT2D eigenvalue weighted by molar-refractivity contribution is 6.33. The Hall–Kier alpha value is -3.37. The van der Waals surface area contributed by atoms with Gasteiger partial charge >= 0.3 is 12.0 Å². The van der Waals surface area contributed by atoms with Crippen LogP contribution in [0.1, 0.15) is 36.7 Å². The first kappa shape index (κ1) is 25.3. The largest absolute Gasteiger partial charge is 0.462 e. The van der Waals surface area contributed by atoms with Gasteiger partial charge in [-0.2, -0.15) is 10.1 Å². The molecule has 0 saturated heterocycles. The first-order valence-corrected chi connectivity index (χ1v) is 11.5. The van der Waals surface area contributed by atoms with Crippen molar-refractivity contribution in [1.82, 2.24) is 24.8 Å². The number of esters is 1. The van der Waals surface area contributed by atoms with Crippen LogP contribution in [0.2, 0.25) is 5.02 Å². The average Bonchev–Trinajstić information content (AvgIpc) is 3.16. The van der Waals surface area contributed by atoms with Crippen LogP contribution in [0, 0.1) is 6.92 Å². The van der Waals surface area contributed by atoms with E-state index in [1.54, 1.807) is 38.2 Å². The standard InChI is InChI=1S/C23H29ClN6O4/c1-5-29(6-2)11-10-25-23(32)28-19-9-8-16(12-18(19)24)34-21-20-15(4)17(22(31)33-7-3)13-30(20)27-14-26-21/h8-9,12-14H,5-7,10-11H2,1-4H3,(H2,25,28,32). The summed E-state index contributed by atoms with van der Waals surface area (Å²) in [6.07, 6.45) is 2.91. The van der Waals surface area contributed by atoms with Crippen LogP contribution in [0.3, 0.4) is 0 Å². The topological polar surface area (TPSA) is 110 Å². The predicted octanol–water partition coefficient (Wildman–Crippen LogP) is 4.12. The lowest BCUT2D eigenvalue weighted by Crippen LogP contribution is -2.36. The first-order chi connectivity index (χ1) is 16.4. The normalized spacial score (nSPS) is 11.0. The molecule has 3 aromatic rings. The number of hydrogen-bond donors (Lipinski definition) is 2. The molecule has 10 nitrogen and oxygen atoms in total. The molecule has 0 aliphatic carbocycles. The number of anilines is 1. The van der Waals surface area contributed by atoms with Crippen LogP contribution in [0.5, 0.6) is 11.6 Å². The second kappa shape index (κ2) is 11.7. The fraction of sp³-hybridized carbons (Fsp3) is 0.391. The Kier molecular flexibility index (Phi) is 8.67. The van der Waals surface area contributed by atoms with Crippen molar-refractivity contribution in [3.63, 3.8) is 0 Å². The molecule has 0 aliphatic heterocycles. The predicted molar refractivity (Wildman–Crippen MR) is 130 cm³/mol. The summed E-state index contributed by atoms with van der Waals surface area (Å²) in [6.45, 7) is 11.1. The van der Waals surface area contributed by atoms with Gasteiger partial charge in [0, 0.05) is 25.4 Å². The smallest absolute Gasteiger partial charge is 0.340 e. The maximum Gasteiger partial charge on any atom is 0.340 e. The Bertz CT molecular complexity index is 1160. The number of aromatic nitrogens is 3. The molecule has 2 heterocycles. The number of aryl methyl sites for hydroxylation is 1. The van der Waals surface area contributed by atoms with Gasteiger partial charge in [0.05, 0.1) is 22.9 Å². The third-order valence-electron chi connectivity index (χ3n) is 5.30. The van der Waals surface area contributed by atoms with E-state index in [0.717, 1.165) is 19.6 Å². The zero-order chi connectivity index (χ0) is 24.7. The molecule has 182 valence electrons. The lowest BCUT2D eigenvalue weighted by atomic mass is 10.2. The molecule has 0 fully saturated rings. The van der Waals surface area contributed by atoms with Crippen LogP contribution in [0.25, 0.3) is 5.52 Å². The van der Waals surface area contributed by atoms with E-state index in [2.05, 4.69) is 39.5 Å². The molecule has 3 rings (SSSR count). The van der Waals surface area contributed by atoms with Gasteiger partial charge in [-0.25, -0.2) is 14.1 Å². The second-order valence-electron chi connectivity index (χ2n) is 7.40. The van der Waals surface area contributed by atoms with Crippen LogP contribution in [0.4, 0.5) is 10.5 Å². The van der Waals surface area contributed by atoms with Crippen LogP contribution in [0.15, 0.2) is 30.7 Å². The number of benzene rings is 1. The molecule has 0 aliphatic rings. The van der Waals surface area contributed by atoms with Crippen molar-refractivity contribution in [2.45, 2.75) is 27.7 Å². The molecule has 0 unspecified atom stereocenters. The summed E-state index contributed by atoms with van der Waals surface area (Å²) in [4.78, 5) is 30.8. The molecule has 11 heteroatoms. The Morgan fingerprint density at radius 3 is 2.65 bits per heavy atom. The fourth-order valence-corrected chi connectivity index (χ4v) is 3.64. The summed E-state index contributed by atoms with van der Waals surface area (Å²) < 4.78 is 12.6. The Balaban J connectivity index is 1.71. The van der Waals surface area contributed by atoms with E-state index >= 15 is 0 Å². The van der Waals surface area contributed by atoms with Gasteiger partial charge < -0.3 is 25.0 Å². The van der Waals surface area contributed by atoms with Gasteiger partial charge in [0.1, 0.15) is 17.6 Å². The number of hydrogen-bond acceptors (Lipinski definition) is 7. The first-order valence-electron chi connectivity index (χ1n) is 11.1. The summed E-state index contributed by atoms with van der Waals surface area (Å²) in [7, 11) is 0. The molecular formula is C23H29ClN6O4. The minimum absolute atomic E-state index is 0.258. The third kappa shape index (κ3) is 5.95. The monoisotopic (exact) mass is 488 g/mol. The van der Waals surface area contributed by atoms with Crippen molar-refractivity contribution in [3.8, 4) is 11.6 Å². The summed E-state index contributed by atoms with van der Waals surface area (Å²) in [5, 5.41) is 10.0. The maximum atomic E-state index is 12.2. The number of nitrogens with one attached hydrogen (secondary N) is 2. The van der Waals surface area contributed by atoms with Crippen LogP contribution in [-0.4, -0.2) is 64.3 Å². The SMILES string of the molecule is CCOC(=O)c1cn2ncnc(Oc3ccc(NC(=O)NCCN(CC)CC)c(Cl)c3)c2c1C. The third-order valence-corrected chi connectivity index (χ3v) is 5.61. The maximum absolute atomic E-state index is 12.2. The van der Waals surface area contributed by atoms with Crippen molar-refractivity contribution in [1.29, 1.82) is 0 Å².